The molecule has 1 amide bonds. The molecular formula is C18H23N3OS2. The van der Waals surface area contributed by atoms with Crippen molar-refractivity contribution < 1.29 is 4.79 Å². The number of anilines is 1. The third-order valence-corrected chi connectivity index (χ3v) is 6.87. The molecule has 1 N–H and O–H groups in total. The molecule has 0 spiro atoms. The number of hydrogen-bond acceptors (Lipinski definition) is 5. The summed E-state index contributed by atoms with van der Waals surface area (Å²) in [5.74, 6) is -0.00623. The maximum atomic E-state index is 12.5. The Hall–Kier alpha value is -1.24. The van der Waals surface area contributed by atoms with Gasteiger partial charge in [0.05, 0.1) is 10.6 Å². The first-order valence-corrected chi connectivity index (χ1v) is 10.6. The lowest BCUT2D eigenvalue weighted by Crippen LogP contribution is -2.29. The summed E-state index contributed by atoms with van der Waals surface area (Å²) in [5.41, 5.74) is 2.45. The van der Waals surface area contributed by atoms with Crippen LogP contribution in [0.25, 0.3) is 0 Å². The molecule has 0 atom stereocenters. The lowest BCUT2D eigenvalue weighted by molar-refractivity contribution is 0.103. The lowest BCUT2D eigenvalue weighted by atomic mass is 9.99. The highest BCUT2D eigenvalue weighted by molar-refractivity contribution is 7.15. The van der Waals surface area contributed by atoms with Crippen LogP contribution in [0.1, 0.15) is 57.9 Å². The van der Waals surface area contributed by atoms with Crippen molar-refractivity contribution in [2.24, 2.45) is 0 Å². The van der Waals surface area contributed by atoms with Crippen LogP contribution in [0.3, 0.4) is 0 Å². The van der Waals surface area contributed by atoms with Gasteiger partial charge in [-0.05, 0) is 63.2 Å². The second kappa shape index (κ2) is 7.33. The maximum Gasteiger partial charge on any atom is 0.267 e. The quantitative estimate of drug-likeness (QED) is 0.882. The van der Waals surface area contributed by atoms with Gasteiger partial charge in [-0.2, -0.15) is 0 Å². The Morgan fingerprint density at radius 3 is 2.83 bits per heavy atom. The van der Waals surface area contributed by atoms with Crippen LogP contribution >= 0.6 is 22.7 Å². The molecule has 6 heteroatoms. The number of thiazole rings is 1. The SMILES string of the molecule is O=C(Nc1nc(CN2CCCCC2)cs1)c1cc2c(s1)CCCC2. The Morgan fingerprint density at radius 2 is 2.00 bits per heavy atom. The van der Waals surface area contributed by atoms with E-state index in [0.29, 0.717) is 0 Å². The fraction of sp³-hybridized carbons (Fsp3) is 0.556. The number of aryl methyl sites for hydroxylation is 2. The van der Waals surface area contributed by atoms with Gasteiger partial charge in [0, 0.05) is 16.8 Å². The molecule has 3 heterocycles. The van der Waals surface area contributed by atoms with Crippen LogP contribution in [-0.4, -0.2) is 28.9 Å². The summed E-state index contributed by atoms with van der Waals surface area (Å²) in [6, 6.07) is 2.08. The van der Waals surface area contributed by atoms with Gasteiger partial charge in [-0.25, -0.2) is 4.98 Å². The smallest absolute Gasteiger partial charge is 0.267 e. The molecule has 4 nitrogen and oxygen atoms in total. The standard InChI is InChI=1S/C18H23N3OS2/c22-17(16-10-13-6-2-3-7-15(13)24-16)20-18-19-14(12-23-18)11-21-8-4-1-5-9-21/h10,12H,1-9,11H2,(H,19,20,22). The van der Waals surface area contributed by atoms with Gasteiger partial charge >= 0.3 is 0 Å². The summed E-state index contributed by atoms with van der Waals surface area (Å²) in [6.07, 6.45) is 8.67. The average Bonchev–Trinajstić information content (AvgIpc) is 3.22. The molecule has 128 valence electrons. The van der Waals surface area contributed by atoms with E-state index in [1.54, 1.807) is 11.3 Å². The van der Waals surface area contributed by atoms with Crippen LogP contribution in [0.5, 0.6) is 0 Å². The Morgan fingerprint density at radius 1 is 1.17 bits per heavy atom. The van der Waals surface area contributed by atoms with E-state index in [0.717, 1.165) is 35.1 Å². The first-order chi connectivity index (χ1) is 11.8. The lowest BCUT2D eigenvalue weighted by Gasteiger charge is -2.25. The zero-order chi connectivity index (χ0) is 16.4. The number of piperidine rings is 1. The van der Waals surface area contributed by atoms with Crippen molar-refractivity contribution >= 4 is 33.7 Å². The topological polar surface area (TPSA) is 45.2 Å². The molecule has 1 aliphatic heterocycles. The zero-order valence-electron chi connectivity index (χ0n) is 13.8. The molecule has 0 aromatic carbocycles. The van der Waals surface area contributed by atoms with Crippen molar-refractivity contribution in [1.29, 1.82) is 0 Å². The highest BCUT2D eigenvalue weighted by Crippen LogP contribution is 2.30. The van der Waals surface area contributed by atoms with Gasteiger partial charge in [0.1, 0.15) is 0 Å². The Kier molecular flexibility index (Phi) is 4.96. The largest absolute Gasteiger partial charge is 0.297 e. The molecular weight excluding hydrogens is 338 g/mol. The first kappa shape index (κ1) is 16.2. The molecule has 0 saturated carbocycles. The van der Waals surface area contributed by atoms with E-state index in [1.165, 1.54) is 67.0 Å². The summed E-state index contributed by atoms with van der Waals surface area (Å²) >= 11 is 3.19. The number of likely N-dealkylation sites (tertiary alicyclic amines) is 1. The number of nitrogens with one attached hydrogen (secondary N) is 1. The van der Waals surface area contributed by atoms with E-state index in [4.69, 9.17) is 0 Å². The maximum absolute atomic E-state index is 12.5. The summed E-state index contributed by atoms with van der Waals surface area (Å²) in [4.78, 5) is 21.8. The summed E-state index contributed by atoms with van der Waals surface area (Å²) in [7, 11) is 0. The third kappa shape index (κ3) is 3.71. The number of nitrogens with zero attached hydrogens (tertiary/aromatic N) is 2. The average molecular weight is 362 g/mol. The molecule has 0 bridgehead atoms. The number of rotatable bonds is 4. The van der Waals surface area contributed by atoms with Crippen LogP contribution in [0.4, 0.5) is 5.13 Å². The molecule has 4 rings (SSSR count). The zero-order valence-corrected chi connectivity index (χ0v) is 15.5. The third-order valence-electron chi connectivity index (χ3n) is 4.83. The number of aromatic nitrogens is 1. The number of carbonyl (C=O) groups is 1. The van der Waals surface area contributed by atoms with Gasteiger partial charge in [0.15, 0.2) is 5.13 Å². The minimum absolute atomic E-state index is 0.00623. The predicted molar refractivity (Wildman–Crippen MR) is 100 cm³/mol. The summed E-state index contributed by atoms with van der Waals surface area (Å²) < 4.78 is 0. The first-order valence-electron chi connectivity index (χ1n) is 8.87. The monoisotopic (exact) mass is 361 g/mol. The minimum Gasteiger partial charge on any atom is -0.297 e. The van der Waals surface area contributed by atoms with E-state index < -0.39 is 0 Å². The second-order valence-corrected chi connectivity index (χ2v) is 8.70. The summed E-state index contributed by atoms with van der Waals surface area (Å²) in [6.45, 7) is 3.24. The fourth-order valence-corrected chi connectivity index (χ4v) is 5.39. The van der Waals surface area contributed by atoms with Gasteiger partial charge < -0.3 is 0 Å². The van der Waals surface area contributed by atoms with Crippen LogP contribution in [-0.2, 0) is 19.4 Å². The Balaban J connectivity index is 1.38. The second-order valence-electron chi connectivity index (χ2n) is 6.70. The number of amides is 1. The van der Waals surface area contributed by atoms with Gasteiger partial charge in [0.2, 0.25) is 0 Å². The van der Waals surface area contributed by atoms with Crippen molar-refractivity contribution in [2.75, 3.05) is 18.4 Å². The van der Waals surface area contributed by atoms with Crippen LogP contribution in [0, 0.1) is 0 Å². The highest BCUT2D eigenvalue weighted by atomic mass is 32.1. The highest BCUT2D eigenvalue weighted by Gasteiger charge is 2.18. The van der Waals surface area contributed by atoms with E-state index in [1.807, 2.05) is 0 Å². The van der Waals surface area contributed by atoms with Crippen LogP contribution in [0.15, 0.2) is 11.4 Å². The van der Waals surface area contributed by atoms with E-state index in [2.05, 4.69) is 26.6 Å². The molecule has 2 aromatic heterocycles. The van der Waals surface area contributed by atoms with Crippen molar-refractivity contribution in [1.82, 2.24) is 9.88 Å². The Bertz CT molecular complexity index is 692. The minimum atomic E-state index is -0.00623. The normalized spacial score (nSPS) is 18.3. The van der Waals surface area contributed by atoms with E-state index >= 15 is 0 Å². The predicted octanol–water partition coefficient (Wildman–Crippen LogP) is 4.32. The number of hydrogen-bond donors (Lipinski definition) is 1. The van der Waals surface area contributed by atoms with Crippen molar-refractivity contribution in [2.45, 2.75) is 51.5 Å². The number of carbonyl (C=O) groups excluding carboxylic acids is 1. The fourth-order valence-electron chi connectivity index (χ4n) is 3.54. The van der Waals surface area contributed by atoms with Crippen LogP contribution < -0.4 is 5.32 Å². The van der Waals surface area contributed by atoms with Gasteiger partial charge in [0.25, 0.3) is 5.91 Å². The van der Waals surface area contributed by atoms with E-state index in [9.17, 15) is 4.79 Å². The summed E-state index contributed by atoms with van der Waals surface area (Å²) in [5, 5.41) is 5.78. The Labute approximate surface area is 150 Å². The van der Waals surface area contributed by atoms with Gasteiger partial charge in [-0.3, -0.25) is 15.0 Å². The van der Waals surface area contributed by atoms with Crippen LogP contribution in [0.2, 0.25) is 0 Å². The van der Waals surface area contributed by atoms with Crippen molar-refractivity contribution in [3.8, 4) is 0 Å². The molecule has 24 heavy (non-hydrogen) atoms. The molecule has 1 saturated heterocycles. The molecule has 0 unspecified atom stereocenters. The van der Waals surface area contributed by atoms with Crippen molar-refractivity contribution in [3.63, 3.8) is 0 Å². The molecule has 2 aromatic rings. The molecule has 0 radical (unpaired) electrons. The van der Waals surface area contributed by atoms with Gasteiger partial charge in [-0.15, -0.1) is 22.7 Å². The van der Waals surface area contributed by atoms with E-state index in [-0.39, 0.29) is 5.91 Å². The molecule has 2 aliphatic rings. The molecule has 1 fully saturated rings. The molecule has 1 aliphatic carbocycles. The van der Waals surface area contributed by atoms with Gasteiger partial charge in [-0.1, -0.05) is 6.42 Å². The van der Waals surface area contributed by atoms with Crippen molar-refractivity contribution in [3.05, 3.63) is 32.5 Å². The number of thiophene rings is 1. The number of fused-ring (bicyclic) bond motifs is 1.